The Balaban J connectivity index is 1.22. The van der Waals surface area contributed by atoms with Crippen LogP contribution in [0.3, 0.4) is 0 Å². The average Bonchev–Trinajstić information content (AvgIpc) is 3.32. The van der Waals surface area contributed by atoms with Gasteiger partial charge in [-0.15, -0.1) is 0 Å². The third-order valence-electron chi connectivity index (χ3n) is 7.78. The summed E-state index contributed by atoms with van der Waals surface area (Å²) in [5, 5.41) is 16.3. The Morgan fingerprint density at radius 3 is 1.95 bits per heavy atom. The van der Waals surface area contributed by atoms with Gasteiger partial charge >= 0.3 is 5.97 Å². The number of hydrogen-bond donors (Lipinski definition) is 3. The summed E-state index contributed by atoms with van der Waals surface area (Å²) < 4.78 is 5.85. The third kappa shape index (κ3) is 7.07. The van der Waals surface area contributed by atoms with Gasteiger partial charge in [0.2, 0.25) is 5.91 Å². The van der Waals surface area contributed by atoms with Crippen LogP contribution in [0.5, 0.6) is 5.75 Å². The van der Waals surface area contributed by atoms with Crippen LogP contribution < -0.4 is 15.4 Å². The predicted octanol–water partition coefficient (Wildman–Crippen LogP) is 6.19. The molecule has 2 atom stereocenters. The van der Waals surface area contributed by atoms with Crippen LogP contribution in [0.1, 0.15) is 48.4 Å². The lowest BCUT2D eigenvalue weighted by Crippen LogP contribution is -2.52. The Labute approximate surface area is 247 Å². The van der Waals surface area contributed by atoms with Crippen LogP contribution in [0, 0.1) is 5.92 Å². The fraction of sp³-hybridized carbons (Fsp3) is 0.278. The summed E-state index contributed by atoms with van der Waals surface area (Å²) in [6, 6.07) is 32.5. The number of rotatable bonds is 13. The van der Waals surface area contributed by atoms with Crippen molar-refractivity contribution in [2.24, 2.45) is 5.92 Å². The van der Waals surface area contributed by atoms with Gasteiger partial charge in [0.25, 0.3) is 0 Å². The summed E-state index contributed by atoms with van der Waals surface area (Å²) in [5.41, 5.74) is 6.83. The number of aliphatic carboxylic acids is 1. The van der Waals surface area contributed by atoms with Crippen LogP contribution >= 0.6 is 0 Å². The van der Waals surface area contributed by atoms with E-state index in [1.165, 1.54) is 22.3 Å². The van der Waals surface area contributed by atoms with Crippen LogP contribution in [-0.2, 0) is 22.6 Å². The standard InChI is InChI=1S/C36H38N2O4/c1-24(2)20-33(37-22-32-30-14-8-6-12-28(30)29-13-7-9-15-31(29)32)35(39)38-34(36(40)41)21-25-16-18-27(19-17-25)42-23-26-10-4-3-5-11-26/h3-19,24,32-34,37H,20-23H2,1-2H3,(H,38,39)(H,40,41). The molecule has 6 heteroatoms. The zero-order valence-electron chi connectivity index (χ0n) is 24.1. The van der Waals surface area contributed by atoms with E-state index in [0.29, 0.717) is 25.3 Å². The first-order valence-corrected chi connectivity index (χ1v) is 14.6. The topological polar surface area (TPSA) is 87.7 Å². The number of fused-ring (bicyclic) bond motifs is 3. The first kappa shape index (κ1) is 29.1. The van der Waals surface area contributed by atoms with E-state index in [9.17, 15) is 14.7 Å². The monoisotopic (exact) mass is 562 g/mol. The van der Waals surface area contributed by atoms with E-state index in [-0.39, 0.29) is 24.2 Å². The molecule has 1 amide bonds. The van der Waals surface area contributed by atoms with Gasteiger partial charge in [-0.05, 0) is 57.9 Å². The number of amides is 1. The largest absolute Gasteiger partial charge is 0.489 e. The van der Waals surface area contributed by atoms with Crippen LogP contribution in [-0.4, -0.2) is 35.6 Å². The van der Waals surface area contributed by atoms with Crippen molar-refractivity contribution in [2.75, 3.05) is 6.54 Å². The Hall–Kier alpha value is -4.42. The summed E-state index contributed by atoms with van der Waals surface area (Å²) in [6.07, 6.45) is 0.777. The summed E-state index contributed by atoms with van der Waals surface area (Å²) in [6.45, 7) is 5.17. The minimum absolute atomic E-state index is 0.123. The van der Waals surface area contributed by atoms with Gasteiger partial charge in [-0.1, -0.05) is 105 Å². The smallest absolute Gasteiger partial charge is 0.326 e. The molecule has 0 radical (unpaired) electrons. The molecule has 0 heterocycles. The quantitative estimate of drug-likeness (QED) is 0.181. The van der Waals surface area contributed by atoms with Crippen molar-refractivity contribution in [1.82, 2.24) is 10.6 Å². The molecule has 0 fully saturated rings. The fourth-order valence-corrected chi connectivity index (χ4v) is 5.67. The number of hydrogen-bond acceptors (Lipinski definition) is 4. The third-order valence-corrected chi connectivity index (χ3v) is 7.78. The Morgan fingerprint density at radius 2 is 1.36 bits per heavy atom. The van der Waals surface area contributed by atoms with Crippen LogP contribution in [0.15, 0.2) is 103 Å². The van der Waals surface area contributed by atoms with Crippen molar-refractivity contribution in [3.05, 3.63) is 125 Å². The minimum Gasteiger partial charge on any atom is -0.489 e. The maximum Gasteiger partial charge on any atom is 0.326 e. The van der Waals surface area contributed by atoms with E-state index >= 15 is 0 Å². The number of carboxylic acids is 1. The lowest BCUT2D eigenvalue weighted by atomic mass is 9.95. The second-order valence-electron chi connectivity index (χ2n) is 11.3. The number of benzene rings is 4. The molecule has 0 spiro atoms. The van der Waals surface area contributed by atoms with E-state index in [0.717, 1.165) is 11.1 Å². The van der Waals surface area contributed by atoms with Gasteiger partial charge < -0.3 is 20.5 Å². The minimum atomic E-state index is -1.06. The van der Waals surface area contributed by atoms with Crippen molar-refractivity contribution in [2.45, 2.75) is 51.3 Å². The number of carboxylic acid groups (broad SMARTS) is 1. The summed E-state index contributed by atoms with van der Waals surface area (Å²) in [4.78, 5) is 25.7. The summed E-state index contributed by atoms with van der Waals surface area (Å²) in [7, 11) is 0. The highest BCUT2D eigenvalue weighted by Gasteiger charge is 2.31. The molecule has 216 valence electrons. The fourth-order valence-electron chi connectivity index (χ4n) is 5.67. The molecule has 4 aromatic rings. The molecule has 0 bridgehead atoms. The van der Waals surface area contributed by atoms with E-state index in [4.69, 9.17) is 4.74 Å². The van der Waals surface area contributed by atoms with Crippen molar-refractivity contribution in [1.29, 1.82) is 0 Å². The van der Waals surface area contributed by atoms with Crippen molar-refractivity contribution >= 4 is 11.9 Å². The zero-order valence-corrected chi connectivity index (χ0v) is 24.1. The molecule has 1 aliphatic rings. The van der Waals surface area contributed by atoms with Crippen molar-refractivity contribution < 1.29 is 19.4 Å². The SMILES string of the molecule is CC(C)CC(NCC1c2ccccc2-c2ccccc21)C(=O)NC(Cc1ccc(OCc2ccccc2)cc1)C(=O)O. The molecule has 5 rings (SSSR count). The highest BCUT2D eigenvalue weighted by atomic mass is 16.5. The number of carbonyl (C=O) groups excluding carboxylic acids is 1. The van der Waals surface area contributed by atoms with Gasteiger partial charge in [0.05, 0.1) is 6.04 Å². The molecule has 3 N–H and O–H groups in total. The molecule has 2 unspecified atom stereocenters. The van der Waals surface area contributed by atoms with E-state index in [1.54, 1.807) is 0 Å². The second-order valence-corrected chi connectivity index (χ2v) is 11.3. The first-order chi connectivity index (χ1) is 20.4. The molecular weight excluding hydrogens is 524 g/mol. The maximum atomic E-state index is 13.5. The van der Waals surface area contributed by atoms with Gasteiger partial charge in [0.15, 0.2) is 0 Å². The number of ether oxygens (including phenoxy) is 1. The van der Waals surface area contributed by atoms with E-state index in [1.807, 2.05) is 54.6 Å². The lowest BCUT2D eigenvalue weighted by molar-refractivity contribution is -0.142. The number of carbonyl (C=O) groups is 2. The zero-order chi connectivity index (χ0) is 29.5. The van der Waals surface area contributed by atoms with Gasteiger partial charge in [-0.3, -0.25) is 4.79 Å². The van der Waals surface area contributed by atoms with Gasteiger partial charge in [0.1, 0.15) is 18.4 Å². The lowest BCUT2D eigenvalue weighted by Gasteiger charge is -2.25. The van der Waals surface area contributed by atoms with Crippen LogP contribution in [0.4, 0.5) is 0 Å². The highest BCUT2D eigenvalue weighted by Crippen LogP contribution is 2.44. The molecule has 0 saturated carbocycles. The normalized spacial score (nSPS) is 13.7. The molecule has 0 aromatic heterocycles. The maximum absolute atomic E-state index is 13.5. The molecule has 6 nitrogen and oxygen atoms in total. The molecular formula is C36H38N2O4. The van der Waals surface area contributed by atoms with Gasteiger partial charge in [-0.2, -0.15) is 0 Å². The molecule has 0 aliphatic heterocycles. The highest BCUT2D eigenvalue weighted by molar-refractivity contribution is 5.87. The number of nitrogens with one attached hydrogen (secondary N) is 2. The Bertz CT molecular complexity index is 1460. The van der Waals surface area contributed by atoms with Crippen LogP contribution in [0.2, 0.25) is 0 Å². The molecule has 42 heavy (non-hydrogen) atoms. The Morgan fingerprint density at radius 1 is 0.762 bits per heavy atom. The first-order valence-electron chi connectivity index (χ1n) is 14.6. The van der Waals surface area contributed by atoms with Gasteiger partial charge in [0, 0.05) is 18.9 Å². The van der Waals surface area contributed by atoms with E-state index in [2.05, 4.69) is 73.0 Å². The molecule has 1 aliphatic carbocycles. The van der Waals surface area contributed by atoms with E-state index < -0.39 is 18.1 Å². The Kier molecular flexibility index (Phi) is 9.35. The summed E-state index contributed by atoms with van der Waals surface area (Å²) in [5.74, 6) is -0.274. The second kappa shape index (κ2) is 13.5. The van der Waals surface area contributed by atoms with Gasteiger partial charge in [-0.25, -0.2) is 4.79 Å². The predicted molar refractivity (Wildman–Crippen MR) is 165 cm³/mol. The van der Waals surface area contributed by atoms with Crippen molar-refractivity contribution in [3.63, 3.8) is 0 Å². The molecule has 4 aromatic carbocycles. The summed E-state index contributed by atoms with van der Waals surface area (Å²) >= 11 is 0. The van der Waals surface area contributed by atoms with Crippen molar-refractivity contribution in [3.8, 4) is 16.9 Å². The van der Waals surface area contributed by atoms with Crippen LogP contribution in [0.25, 0.3) is 11.1 Å². The average molecular weight is 563 g/mol. The molecule has 0 saturated heterocycles.